The van der Waals surface area contributed by atoms with E-state index >= 15 is 0 Å². The number of aliphatic imine (C=N–C) groups is 1. The van der Waals surface area contributed by atoms with Gasteiger partial charge >= 0.3 is 6.01 Å². The standard InChI is InChI=1S/C26H23N3O4/c1-2-6-19(7-3-1)14-21-17-30-18-25(32-21)29-26-28-15-24(33-26)22-8-4-5-9-23(22)31-16-20-10-12-27-13-11-20/h1-2,4-6,8-13,15,17H,3,7,14,16,18H2. The summed E-state index contributed by atoms with van der Waals surface area (Å²) >= 11 is 0. The Bertz CT molecular complexity index is 1230. The summed E-state index contributed by atoms with van der Waals surface area (Å²) in [7, 11) is 0. The fraction of sp³-hybridized carbons (Fsp3) is 0.192. The summed E-state index contributed by atoms with van der Waals surface area (Å²) in [6.07, 6.45) is 15.9. The largest absolute Gasteiger partial charge is 0.488 e. The molecule has 0 saturated carbocycles. The second kappa shape index (κ2) is 9.99. The predicted octanol–water partition coefficient (Wildman–Crippen LogP) is 5.90. The Labute approximate surface area is 191 Å². The fourth-order valence-electron chi connectivity index (χ4n) is 3.55. The first-order valence-corrected chi connectivity index (χ1v) is 10.8. The molecule has 0 amide bonds. The van der Waals surface area contributed by atoms with Gasteiger partial charge in [-0.05, 0) is 42.7 Å². The van der Waals surface area contributed by atoms with Gasteiger partial charge in [-0.1, -0.05) is 35.9 Å². The number of pyridine rings is 1. The molecule has 3 aromatic rings. The molecule has 0 unspecified atom stereocenters. The lowest BCUT2D eigenvalue weighted by atomic mass is 10.0. The van der Waals surface area contributed by atoms with E-state index in [9.17, 15) is 0 Å². The van der Waals surface area contributed by atoms with Crippen molar-refractivity contribution in [3.8, 4) is 17.1 Å². The zero-order valence-electron chi connectivity index (χ0n) is 18.0. The fourth-order valence-corrected chi connectivity index (χ4v) is 3.55. The number of nitrogens with zero attached hydrogens (tertiary/aromatic N) is 3. The summed E-state index contributed by atoms with van der Waals surface area (Å²) in [4.78, 5) is 12.7. The molecule has 3 heterocycles. The van der Waals surface area contributed by atoms with Crippen LogP contribution in [0.2, 0.25) is 0 Å². The third kappa shape index (κ3) is 5.38. The number of hydrogen-bond acceptors (Lipinski definition) is 7. The van der Waals surface area contributed by atoms with Crippen LogP contribution in [0, 0.1) is 0 Å². The van der Waals surface area contributed by atoms with Gasteiger partial charge in [0.25, 0.3) is 0 Å². The molecule has 7 nitrogen and oxygen atoms in total. The third-order valence-electron chi connectivity index (χ3n) is 5.18. The Hall–Kier alpha value is -4.13. The second-order valence-corrected chi connectivity index (χ2v) is 7.62. The Kier molecular flexibility index (Phi) is 6.29. The van der Waals surface area contributed by atoms with Gasteiger partial charge in [-0.25, -0.2) is 0 Å². The number of rotatable bonds is 7. The molecule has 2 aliphatic rings. The molecule has 0 bridgehead atoms. The van der Waals surface area contributed by atoms with Crippen LogP contribution in [-0.2, 0) is 16.1 Å². The topological polar surface area (TPSA) is 79.0 Å². The van der Waals surface area contributed by atoms with E-state index in [1.54, 1.807) is 24.9 Å². The SMILES string of the molecule is C1=CCCC(CC2=COCC(=Nc3ncc(-c4ccccc4OCc4ccncc4)o3)O2)=C1. The maximum atomic E-state index is 6.01. The smallest absolute Gasteiger partial charge is 0.325 e. The zero-order valence-corrected chi connectivity index (χ0v) is 18.0. The van der Waals surface area contributed by atoms with Gasteiger partial charge in [0.15, 0.2) is 12.4 Å². The summed E-state index contributed by atoms with van der Waals surface area (Å²) in [5.41, 5.74) is 3.13. The Morgan fingerprint density at radius 3 is 2.88 bits per heavy atom. The predicted molar refractivity (Wildman–Crippen MR) is 124 cm³/mol. The van der Waals surface area contributed by atoms with E-state index in [1.807, 2.05) is 36.4 Å². The lowest BCUT2D eigenvalue weighted by Gasteiger charge is -2.18. The summed E-state index contributed by atoms with van der Waals surface area (Å²) in [6, 6.07) is 11.7. The van der Waals surface area contributed by atoms with Crippen LogP contribution >= 0.6 is 0 Å². The van der Waals surface area contributed by atoms with E-state index in [1.165, 1.54) is 5.57 Å². The van der Waals surface area contributed by atoms with Crippen molar-refractivity contribution in [1.82, 2.24) is 9.97 Å². The highest BCUT2D eigenvalue weighted by Crippen LogP contribution is 2.33. The Morgan fingerprint density at radius 1 is 1.09 bits per heavy atom. The number of benzene rings is 1. The molecule has 7 heteroatoms. The normalized spacial score (nSPS) is 16.5. The van der Waals surface area contributed by atoms with E-state index < -0.39 is 0 Å². The molecule has 1 aromatic carbocycles. The summed E-state index contributed by atoms with van der Waals surface area (Å²) in [6.45, 7) is 0.654. The number of hydrogen-bond donors (Lipinski definition) is 0. The molecule has 0 radical (unpaired) electrons. The van der Waals surface area contributed by atoms with Crippen LogP contribution in [0.5, 0.6) is 5.75 Å². The van der Waals surface area contributed by atoms with Gasteiger partial charge in [0.1, 0.15) is 24.4 Å². The third-order valence-corrected chi connectivity index (χ3v) is 5.18. The minimum atomic E-state index is 0.202. The van der Waals surface area contributed by atoms with Crippen molar-refractivity contribution in [2.75, 3.05) is 6.61 Å². The summed E-state index contributed by atoms with van der Waals surface area (Å²) in [5.74, 6) is 2.39. The highest BCUT2D eigenvalue weighted by molar-refractivity contribution is 5.81. The van der Waals surface area contributed by atoms with E-state index in [-0.39, 0.29) is 12.6 Å². The molecule has 166 valence electrons. The summed E-state index contributed by atoms with van der Waals surface area (Å²) in [5, 5.41) is 0. The number of para-hydroxylation sites is 1. The van der Waals surface area contributed by atoms with E-state index in [0.29, 0.717) is 30.4 Å². The van der Waals surface area contributed by atoms with Crippen molar-refractivity contribution in [2.24, 2.45) is 4.99 Å². The van der Waals surface area contributed by atoms with E-state index in [4.69, 9.17) is 18.6 Å². The molecule has 2 aromatic heterocycles. The molecule has 0 saturated heterocycles. The molecular formula is C26H23N3O4. The van der Waals surface area contributed by atoms with Crippen molar-refractivity contribution in [1.29, 1.82) is 0 Å². The van der Waals surface area contributed by atoms with Crippen molar-refractivity contribution in [2.45, 2.75) is 25.9 Å². The van der Waals surface area contributed by atoms with Crippen LogP contribution < -0.4 is 4.74 Å². The average Bonchev–Trinajstić information content (AvgIpc) is 3.33. The molecule has 0 fully saturated rings. The minimum Gasteiger partial charge on any atom is -0.488 e. The lowest BCUT2D eigenvalue weighted by Crippen LogP contribution is -2.16. The molecule has 33 heavy (non-hydrogen) atoms. The van der Waals surface area contributed by atoms with Crippen LogP contribution in [0.4, 0.5) is 6.01 Å². The van der Waals surface area contributed by atoms with Crippen LogP contribution in [0.3, 0.4) is 0 Å². The van der Waals surface area contributed by atoms with E-state index in [2.05, 4.69) is 33.2 Å². The maximum Gasteiger partial charge on any atom is 0.325 e. The van der Waals surface area contributed by atoms with Crippen LogP contribution in [0.15, 0.2) is 100 Å². The highest BCUT2D eigenvalue weighted by atomic mass is 16.6. The first kappa shape index (κ1) is 20.8. The van der Waals surface area contributed by atoms with Crippen LogP contribution in [0.25, 0.3) is 11.3 Å². The molecule has 0 spiro atoms. The van der Waals surface area contributed by atoms with Crippen molar-refractivity contribution >= 4 is 11.9 Å². The molecule has 1 aliphatic carbocycles. The lowest BCUT2D eigenvalue weighted by molar-refractivity contribution is 0.211. The van der Waals surface area contributed by atoms with Gasteiger partial charge < -0.3 is 18.6 Å². The number of allylic oxidation sites excluding steroid dienone is 4. The van der Waals surface area contributed by atoms with E-state index in [0.717, 1.165) is 29.7 Å². The maximum absolute atomic E-state index is 6.01. The molecular weight excluding hydrogens is 418 g/mol. The van der Waals surface area contributed by atoms with Crippen molar-refractivity contribution < 1.29 is 18.6 Å². The molecule has 5 rings (SSSR count). The number of oxazole rings is 1. The van der Waals surface area contributed by atoms with Crippen molar-refractivity contribution in [3.05, 3.63) is 96.4 Å². The Balaban J connectivity index is 1.28. The van der Waals surface area contributed by atoms with Crippen LogP contribution in [0.1, 0.15) is 24.8 Å². The zero-order chi connectivity index (χ0) is 22.3. The Morgan fingerprint density at radius 2 is 2.00 bits per heavy atom. The number of aromatic nitrogens is 2. The van der Waals surface area contributed by atoms with Crippen LogP contribution in [-0.4, -0.2) is 22.5 Å². The van der Waals surface area contributed by atoms with Gasteiger partial charge in [-0.2, -0.15) is 9.98 Å². The van der Waals surface area contributed by atoms with Gasteiger partial charge in [0, 0.05) is 18.8 Å². The average molecular weight is 441 g/mol. The van der Waals surface area contributed by atoms with Gasteiger partial charge in [-0.15, -0.1) is 0 Å². The first-order valence-electron chi connectivity index (χ1n) is 10.8. The second-order valence-electron chi connectivity index (χ2n) is 7.62. The van der Waals surface area contributed by atoms with Crippen molar-refractivity contribution in [3.63, 3.8) is 0 Å². The monoisotopic (exact) mass is 441 g/mol. The van der Waals surface area contributed by atoms with Gasteiger partial charge in [-0.3, -0.25) is 4.98 Å². The minimum absolute atomic E-state index is 0.202. The first-order chi connectivity index (χ1) is 16.3. The van der Waals surface area contributed by atoms with Gasteiger partial charge in [0.05, 0.1) is 11.8 Å². The summed E-state index contributed by atoms with van der Waals surface area (Å²) < 4.78 is 23.3. The van der Waals surface area contributed by atoms with Gasteiger partial charge in [0.2, 0.25) is 5.90 Å². The number of ether oxygens (including phenoxy) is 3. The molecule has 1 aliphatic heterocycles. The quantitative estimate of drug-likeness (QED) is 0.454. The molecule has 0 atom stereocenters. The molecule has 0 N–H and O–H groups in total. The highest BCUT2D eigenvalue weighted by Gasteiger charge is 2.17.